The lowest BCUT2D eigenvalue weighted by molar-refractivity contribution is 1.26. The summed E-state index contributed by atoms with van der Waals surface area (Å²) >= 11 is 7.25. The maximum absolute atomic E-state index is 5.79. The van der Waals surface area contributed by atoms with Crippen molar-refractivity contribution >= 4 is 39.8 Å². The number of aliphatic imine (C=N–C) groups is 2. The molecule has 0 aromatic carbocycles. The lowest BCUT2D eigenvalue weighted by Gasteiger charge is -1.90. The van der Waals surface area contributed by atoms with Gasteiger partial charge in [0.2, 0.25) is 0 Å². The largest absolute Gasteiger partial charge is 0.275 e. The quantitative estimate of drug-likeness (QED) is 0.677. The highest BCUT2D eigenvalue weighted by Gasteiger charge is 2.10. The number of rotatable bonds is 2. The Bertz CT molecular complexity index is 329. The third-order valence-electron chi connectivity index (χ3n) is 1.25. The fraction of sp³-hybridized carbons (Fsp3) is 0.286. The van der Waals surface area contributed by atoms with E-state index < -0.39 is 0 Å². The number of thiazole rings is 1. The molecule has 0 aliphatic heterocycles. The molecule has 1 heterocycles. The van der Waals surface area contributed by atoms with Gasteiger partial charge in [0.1, 0.15) is 10.7 Å². The predicted molar refractivity (Wildman–Crippen MR) is 54.4 cm³/mol. The molecule has 3 nitrogen and oxygen atoms in total. The van der Waals surface area contributed by atoms with Crippen molar-refractivity contribution in [3.63, 3.8) is 0 Å². The molecule has 0 atom stereocenters. The second-order valence-corrected chi connectivity index (χ2v) is 3.60. The summed E-state index contributed by atoms with van der Waals surface area (Å²) in [5, 5.41) is 2.01. The first-order valence-electron chi connectivity index (χ1n) is 3.26. The van der Waals surface area contributed by atoms with E-state index in [1.54, 1.807) is 7.05 Å². The van der Waals surface area contributed by atoms with Crippen molar-refractivity contribution in [1.82, 2.24) is 4.98 Å². The molecular formula is C7H8ClN3S. The van der Waals surface area contributed by atoms with E-state index in [0.717, 1.165) is 10.0 Å². The van der Waals surface area contributed by atoms with Crippen LogP contribution in [0.25, 0.3) is 0 Å². The SMILES string of the molecule is C=Nc1sc(C)nc1/C(Cl)=N\C. The second-order valence-electron chi connectivity index (χ2n) is 2.06. The van der Waals surface area contributed by atoms with Crippen molar-refractivity contribution < 1.29 is 0 Å². The van der Waals surface area contributed by atoms with Crippen LogP contribution in [0.1, 0.15) is 10.7 Å². The topological polar surface area (TPSA) is 37.6 Å². The van der Waals surface area contributed by atoms with Crippen molar-refractivity contribution in [3.8, 4) is 0 Å². The van der Waals surface area contributed by atoms with Gasteiger partial charge < -0.3 is 0 Å². The number of halogens is 1. The average molecular weight is 202 g/mol. The molecule has 0 saturated carbocycles. The predicted octanol–water partition coefficient (Wildman–Crippen LogP) is 2.40. The van der Waals surface area contributed by atoms with Crippen LogP contribution in [-0.2, 0) is 0 Å². The summed E-state index contributed by atoms with van der Waals surface area (Å²) in [7, 11) is 1.61. The molecule has 0 aliphatic carbocycles. The second kappa shape index (κ2) is 3.78. The van der Waals surface area contributed by atoms with Gasteiger partial charge >= 0.3 is 0 Å². The zero-order chi connectivity index (χ0) is 9.14. The normalized spacial score (nSPS) is 11.8. The van der Waals surface area contributed by atoms with Crippen molar-refractivity contribution in [2.75, 3.05) is 7.05 Å². The maximum atomic E-state index is 5.79. The minimum absolute atomic E-state index is 0.377. The highest BCUT2D eigenvalue weighted by molar-refractivity contribution is 7.16. The van der Waals surface area contributed by atoms with Crippen LogP contribution >= 0.6 is 22.9 Å². The fourth-order valence-corrected chi connectivity index (χ4v) is 1.67. The summed E-state index contributed by atoms with van der Waals surface area (Å²) in [5.41, 5.74) is 0.622. The third kappa shape index (κ3) is 1.70. The number of hydrogen-bond acceptors (Lipinski definition) is 4. The van der Waals surface area contributed by atoms with Gasteiger partial charge in [-0.15, -0.1) is 0 Å². The smallest absolute Gasteiger partial charge is 0.152 e. The van der Waals surface area contributed by atoms with E-state index in [0.29, 0.717) is 10.9 Å². The first kappa shape index (κ1) is 9.35. The molecule has 1 rings (SSSR count). The molecule has 0 unspecified atom stereocenters. The van der Waals surface area contributed by atoms with E-state index in [4.69, 9.17) is 11.6 Å². The Morgan fingerprint density at radius 1 is 1.67 bits per heavy atom. The Labute approximate surface area is 79.8 Å². The molecule has 0 amide bonds. The summed E-state index contributed by atoms with van der Waals surface area (Å²) in [5.74, 6) is 0. The van der Waals surface area contributed by atoms with E-state index in [-0.39, 0.29) is 0 Å². The number of aryl methyl sites for hydroxylation is 1. The van der Waals surface area contributed by atoms with E-state index in [9.17, 15) is 0 Å². The van der Waals surface area contributed by atoms with E-state index in [1.165, 1.54) is 11.3 Å². The van der Waals surface area contributed by atoms with Gasteiger partial charge in [-0.2, -0.15) is 0 Å². The molecule has 0 radical (unpaired) electrons. The van der Waals surface area contributed by atoms with Crippen LogP contribution in [0.2, 0.25) is 0 Å². The molecule has 1 aromatic heterocycles. The standard InChI is InChI=1S/C7H8ClN3S/c1-4-11-5(6(8)9-2)7(10-3)12-4/h3H2,1-2H3/b9-6+. The van der Waals surface area contributed by atoms with Gasteiger partial charge in [-0.1, -0.05) is 22.9 Å². The van der Waals surface area contributed by atoms with Crippen molar-refractivity contribution in [3.05, 3.63) is 10.7 Å². The van der Waals surface area contributed by atoms with Gasteiger partial charge in [0.25, 0.3) is 0 Å². The van der Waals surface area contributed by atoms with Crippen LogP contribution < -0.4 is 0 Å². The molecule has 64 valence electrons. The summed E-state index contributed by atoms with van der Waals surface area (Å²) in [6.45, 7) is 5.32. The number of nitrogens with zero attached hydrogens (tertiary/aromatic N) is 3. The zero-order valence-electron chi connectivity index (χ0n) is 6.83. The molecule has 0 spiro atoms. The highest BCUT2D eigenvalue weighted by atomic mass is 35.5. The molecule has 5 heteroatoms. The Morgan fingerprint density at radius 2 is 2.33 bits per heavy atom. The van der Waals surface area contributed by atoms with Crippen LogP contribution in [0.3, 0.4) is 0 Å². The molecular weight excluding hydrogens is 194 g/mol. The van der Waals surface area contributed by atoms with Gasteiger partial charge in [-0.25, -0.2) is 4.98 Å². The van der Waals surface area contributed by atoms with Crippen molar-refractivity contribution in [2.45, 2.75) is 6.92 Å². The Morgan fingerprint density at radius 3 is 2.83 bits per heavy atom. The summed E-state index contributed by atoms with van der Waals surface area (Å²) in [6, 6.07) is 0. The van der Waals surface area contributed by atoms with Gasteiger partial charge in [0.05, 0.1) is 5.01 Å². The van der Waals surface area contributed by atoms with Crippen LogP contribution in [-0.4, -0.2) is 23.9 Å². The highest BCUT2D eigenvalue weighted by Crippen LogP contribution is 2.27. The molecule has 0 aliphatic rings. The first-order chi connectivity index (χ1) is 5.69. The average Bonchev–Trinajstić information content (AvgIpc) is 2.45. The lowest BCUT2D eigenvalue weighted by Crippen LogP contribution is -1.91. The van der Waals surface area contributed by atoms with Crippen LogP contribution in [0, 0.1) is 6.92 Å². The summed E-state index contributed by atoms with van der Waals surface area (Å²) in [6.07, 6.45) is 0. The summed E-state index contributed by atoms with van der Waals surface area (Å²) in [4.78, 5) is 11.8. The Hall–Kier alpha value is -0.740. The van der Waals surface area contributed by atoms with Crippen molar-refractivity contribution in [2.24, 2.45) is 9.98 Å². The Kier molecular flexibility index (Phi) is 2.94. The van der Waals surface area contributed by atoms with Gasteiger partial charge in [0.15, 0.2) is 5.17 Å². The number of aromatic nitrogens is 1. The van der Waals surface area contributed by atoms with Crippen LogP contribution in [0.5, 0.6) is 0 Å². The zero-order valence-corrected chi connectivity index (χ0v) is 8.41. The van der Waals surface area contributed by atoms with Crippen LogP contribution in [0.15, 0.2) is 9.98 Å². The van der Waals surface area contributed by atoms with Crippen molar-refractivity contribution in [1.29, 1.82) is 0 Å². The van der Waals surface area contributed by atoms with E-state index in [1.807, 2.05) is 6.92 Å². The molecule has 12 heavy (non-hydrogen) atoms. The first-order valence-corrected chi connectivity index (χ1v) is 4.45. The van der Waals surface area contributed by atoms with Crippen LogP contribution in [0.4, 0.5) is 5.00 Å². The monoisotopic (exact) mass is 201 g/mol. The van der Waals surface area contributed by atoms with Gasteiger partial charge in [-0.3, -0.25) is 9.98 Å². The third-order valence-corrected chi connectivity index (χ3v) is 2.50. The molecule has 1 aromatic rings. The minimum atomic E-state index is 0.377. The van der Waals surface area contributed by atoms with Gasteiger partial charge in [-0.05, 0) is 13.6 Å². The van der Waals surface area contributed by atoms with E-state index >= 15 is 0 Å². The van der Waals surface area contributed by atoms with E-state index in [2.05, 4.69) is 21.7 Å². The summed E-state index contributed by atoms with van der Waals surface area (Å²) < 4.78 is 0. The Balaban J connectivity index is 3.22. The molecule has 0 saturated heterocycles. The maximum Gasteiger partial charge on any atom is 0.152 e. The lowest BCUT2D eigenvalue weighted by atomic mass is 10.5. The molecule has 0 bridgehead atoms. The molecule has 0 fully saturated rings. The number of hydrogen-bond donors (Lipinski definition) is 0. The molecule has 0 N–H and O–H groups in total. The fourth-order valence-electron chi connectivity index (χ4n) is 0.764. The minimum Gasteiger partial charge on any atom is -0.275 e. The van der Waals surface area contributed by atoms with Gasteiger partial charge in [0, 0.05) is 7.05 Å².